The number of carboxylic acids is 1. The summed E-state index contributed by atoms with van der Waals surface area (Å²) in [7, 11) is 0. The fourth-order valence-electron chi connectivity index (χ4n) is 13.9. The van der Waals surface area contributed by atoms with Crippen LogP contribution < -0.4 is 0 Å². The van der Waals surface area contributed by atoms with E-state index in [9.17, 15) is 50.1 Å². The lowest BCUT2D eigenvalue weighted by molar-refractivity contribution is -0.325. The second kappa shape index (κ2) is 14.0. The number of rotatable bonds is 8. The predicted molar refractivity (Wildman–Crippen MR) is 203 cm³/mol. The number of allylic oxidation sites excluding steroid dienone is 2. The van der Waals surface area contributed by atoms with E-state index in [-0.39, 0.29) is 30.3 Å². The molecule has 7 aliphatic rings. The van der Waals surface area contributed by atoms with Crippen LogP contribution >= 0.6 is 0 Å². The maximum atomic E-state index is 13.2. The van der Waals surface area contributed by atoms with E-state index in [2.05, 4.69) is 40.7 Å². The maximum absolute atomic E-state index is 13.2. The summed E-state index contributed by atoms with van der Waals surface area (Å²) in [5, 5.41) is 77.9. The fraction of sp³-hybridized carbons (Fsp3) is 0.837. The normalized spacial score (nSPS) is 51.7. The molecule has 0 amide bonds. The first-order valence-electron chi connectivity index (χ1n) is 20.8. The largest absolute Gasteiger partial charge is 0.479 e. The fourth-order valence-corrected chi connectivity index (χ4v) is 13.9. The minimum atomic E-state index is -2.04. The number of carboxylic acid groups (broad SMARTS) is 1. The number of aliphatic carboxylic acids is 1. The molecule has 4 saturated carbocycles. The summed E-state index contributed by atoms with van der Waals surface area (Å²) >= 11 is 0. The van der Waals surface area contributed by atoms with Gasteiger partial charge in [-0.3, -0.25) is 4.79 Å². The average molecular weight is 821 g/mol. The van der Waals surface area contributed by atoms with Crippen LogP contribution in [0.1, 0.15) is 101 Å². The SMILES string of the molecule is C/C=C(/C)C(=O)OC[C@]12[C@@H]3O[C@@](OC(C)=O)([C@@H]1O)[C@](C)(CO)C[C@H]2C1=CC[C@@H]2[C@@]4(C)CC[C@H](O[C@@H]5O[C@H](C(=O)O)[C@@H](O)[C@H](O)[C@H]5O)C(C)(C)[C@@H]4CC[C@@]2(C)[C@]1(C)[C@H]3O. The van der Waals surface area contributed by atoms with Crippen molar-refractivity contribution in [1.82, 2.24) is 0 Å². The Kier molecular flexibility index (Phi) is 10.6. The second-order valence-corrected chi connectivity index (χ2v) is 20.2. The van der Waals surface area contributed by atoms with E-state index in [1.54, 1.807) is 26.8 Å². The highest BCUT2D eigenvalue weighted by Gasteiger charge is 2.84. The van der Waals surface area contributed by atoms with Crippen LogP contribution in [0, 0.1) is 50.2 Å². The molecular weight excluding hydrogens is 756 g/mol. The van der Waals surface area contributed by atoms with Crippen LogP contribution in [0.3, 0.4) is 0 Å². The highest BCUT2D eigenvalue weighted by Crippen LogP contribution is 2.78. The topological polar surface area (TPSA) is 239 Å². The van der Waals surface area contributed by atoms with Crippen molar-refractivity contribution in [3.63, 3.8) is 0 Å². The van der Waals surface area contributed by atoms with Crippen LogP contribution in [0.5, 0.6) is 0 Å². The third-order valence-electron chi connectivity index (χ3n) is 17.4. The van der Waals surface area contributed by atoms with Crippen molar-refractivity contribution in [2.45, 2.75) is 162 Å². The van der Waals surface area contributed by atoms with E-state index in [1.807, 2.05) is 0 Å². The Balaban J connectivity index is 1.26. The zero-order valence-electron chi connectivity index (χ0n) is 35.1. The number of carbonyl (C=O) groups is 3. The minimum absolute atomic E-state index is 0.0186. The zero-order valence-corrected chi connectivity index (χ0v) is 35.1. The molecule has 6 fully saturated rings. The van der Waals surface area contributed by atoms with Gasteiger partial charge in [-0.25, -0.2) is 9.59 Å². The molecule has 0 radical (unpaired) electrons. The number of hydrogen-bond donors (Lipinski definition) is 7. The number of carbonyl (C=O) groups excluding carboxylic acids is 2. The Morgan fingerprint density at radius 1 is 0.931 bits per heavy atom. The van der Waals surface area contributed by atoms with Crippen LogP contribution in [-0.4, -0.2) is 128 Å². The first kappa shape index (κ1) is 43.6. The lowest BCUT2D eigenvalue weighted by Gasteiger charge is -2.72. The number of hydrogen-bond acceptors (Lipinski definition) is 14. The quantitative estimate of drug-likeness (QED) is 0.0806. The third-order valence-corrected chi connectivity index (χ3v) is 17.4. The van der Waals surface area contributed by atoms with Gasteiger partial charge in [-0.05, 0) is 86.4 Å². The lowest BCUT2D eigenvalue weighted by atomic mass is 9.32. The highest BCUT2D eigenvalue weighted by atomic mass is 16.7. The van der Waals surface area contributed by atoms with Gasteiger partial charge < -0.3 is 59.4 Å². The molecule has 2 aliphatic heterocycles. The molecule has 15 heteroatoms. The standard InChI is InChI=1S/C43H64O15/c1-10-20(2)34(52)54-19-42-23-17-38(6,18-44)43(36(42)53,57-21(3)45)58-32(42)31(49)41(9)22(23)11-12-25-39(7)15-14-26(37(4,5)24(39)13-16-40(25,41)8)55-35-29(48)27(46)28(47)30(56-35)33(50)51/h10-11,23-32,35-36,44,46-49,53H,12-19H2,1-9H3,(H,50,51)/b20-10-/t23-,24-,25+,26-,27-,28-,29+,30-,31-,32+,35+,36+,38-,39-,40+,41-,42-,43-/m0/s1. The molecule has 7 N–H and O–H groups in total. The molecule has 0 aromatic rings. The Morgan fingerprint density at radius 2 is 1.60 bits per heavy atom. The van der Waals surface area contributed by atoms with Crippen molar-refractivity contribution in [2.24, 2.45) is 50.2 Å². The van der Waals surface area contributed by atoms with E-state index in [4.69, 9.17) is 23.7 Å². The van der Waals surface area contributed by atoms with E-state index in [0.717, 1.165) is 12.0 Å². The monoisotopic (exact) mass is 820 g/mol. The highest BCUT2D eigenvalue weighted by molar-refractivity contribution is 5.87. The Morgan fingerprint density at radius 3 is 2.21 bits per heavy atom. The molecule has 0 spiro atoms. The smallest absolute Gasteiger partial charge is 0.335 e. The summed E-state index contributed by atoms with van der Waals surface area (Å²) in [6.45, 7) is 16.2. The first-order valence-corrected chi connectivity index (χ1v) is 20.8. The van der Waals surface area contributed by atoms with E-state index in [0.29, 0.717) is 31.3 Å². The summed E-state index contributed by atoms with van der Waals surface area (Å²) in [6.07, 6.45) is -5.75. The number of ether oxygens (including phenoxy) is 5. The van der Waals surface area contributed by atoms with Crippen LogP contribution in [0.25, 0.3) is 0 Å². The number of aliphatic hydroxyl groups excluding tert-OH is 6. The molecule has 2 bridgehead atoms. The van der Waals surface area contributed by atoms with Crippen LogP contribution in [0.4, 0.5) is 0 Å². The van der Waals surface area contributed by atoms with Gasteiger partial charge in [-0.2, -0.15) is 0 Å². The Labute approximate surface area is 339 Å². The minimum Gasteiger partial charge on any atom is -0.479 e. The molecule has 7 rings (SSSR count). The van der Waals surface area contributed by atoms with Crippen LogP contribution in [0.15, 0.2) is 23.3 Å². The van der Waals surface area contributed by atoms with Crippen LogP contribution in [0.2, 0.25) is 0 Å². The van der Waals surface area contributed by atoms with Crippen molar-refractivity contribution in [3.8, 4) is 0 Å². The van der Waals surface area contributed by atoms with Gasteiger partial charge in [0, 0.05) is 17.9 Å². The molecule has 5 aliphatic carbocycles. The van der Waals surface area contributed by atoms with Gasteiger partial charge >= 0.3 is 17.9 Å². The molecule has 15 nitrogen and oxygen atoms in total. The van der Waals surface area contributed by atoms with Gasteiger partial charge in [0.15, 0.2) is 12.4 Å². The molecule has 58 heavy (non-hydrogen) atoms. The first-order chi connectivity index (χ1) is 26.9. The van der Waals surface area contributed by atoms with E-state index < -0.39 is 118 Å². The molecule has 326 valence electrons. The van der Waals surface area contributed by atoms with Crippen molar-refractivity contribution in [2.75, 3.05) is 13.2 Å². The van der Waals surface area contributed by atoms with Gasteiger partial charge in [-0.1, -0.05) is 59.3 Å². The summed E-state index contributed by atoms with van der Waals surface area (Å²) in [6, 6.07) is 0. The average Bonchev–Trinajstić information content (AvgIpc) is 3.37. The molecular formula is C43H64O15. The number of esters is 2. The summed E-state index contributed by atoms with van der Waals surface area (Å²) < 4.78 is 30.6. The van der Waals surface area contributed by atoms with Gasteiger partial charge in [0.2, 0.25) is 5.79 Å². The maximum Gasteiger partial charge on any atom is 0.335 e. The summed E-state index contributed by atoms with van der Waals surface area (Å²) in [5.41, 5.74) is -3.78. The molecule has 2 saturated heterocycles. The van der Waals surface area contributed by atoms with Crippen molar-refractivity contribution >= 4 is 17.9 Å². The lowest BCUT2D eigenvalue weighted by Crippen LogP contribution is -2.73. The molecule has 18 atom stereocenters. The van der Waals surface area contributed by atoms with E-state index >= 15 is 0 Å². The number of aliphatic hydroxyl groups is 6. The zero-order chi connectivity index (χ0) is 42.9. The van der Waals surface area contributed by atoms with Gasteiger partial charge in [0.05, 0.1) is 29.6 Å². The predicted octanol–water partition coefficient (Wildman–Crippen LogP) is 2.37. The van der Waals surface area contributed by atoms with Gasteiger partial charge in [-0.15, -0.1) is 0 Å². The van der Waals surface area contributed by atoms with Gasteiger partial charge in [0.25, 0.3) is 0 Å². The summed E-state index contributed by atoms with van der Waals surface area (Å²) in [5.74, 6) is -5.30. The Hall–Kier alpha value is -2.47. The molecule has 0 aromatic heterocycles. The molecule has 0 unspecified atom stereocenters. The second-order valence-electron chi connectivity index (χ2n) is 20.2. The molecule has 2 heterocycles. The van der Waals surface area contributed by atoms with Crippen molar-refractivity contribution in [1.29, 1.82) is 0 Å². The van der Waals surface area contributed by atoms with Crippen molar-refractivity contribution in [3.05, 3.63) is 23.3 Å². The van der Waals surface area contributed by atoms with Gasteiger partial charge in [0.1, 0.15) is 37.1 Å². The third kappa shape index (κ3) is 5.46. The Bertz CT molecular complexity index is 1760. The van der Waals surface area contributed by atoms with Crippen LogP contribution in [-0.2, 0) is 38.1 Å². The van der Waals surface area contributed by atoms with Crippen molar-refractivity contribution < 1.29 is 73.8 Å². The van der Waals surface area contributed by atoms with E-state index in [1.165, 1.54) is 6.92 Å². The summed E-state index contributed by atoms with van der Waals surface area (Å²) in [4.78, 5) is 37.8. The number of fused-ring (bicyclic) bond motifs is 7. The molecule has 0 aromatic carbocycles.